The van der Waals surface area contributed by atoms with Crippen LogP contribution in [0.25, 0.3) is 10.1 Å². The van der Waals surface area contributed by atoms with Crippen LogP contribution in [-0.4, -0.2) is 8.42 Å². The maximum absolute atomic E-state index is 12.4. The summed E-state index contributed by atoms with van der Waals surface area (Å²) in [6.07, 6.45) is 0. The summed E-state index contributed by atoms with van der Waals surface area (Å²) in [6.45, 7) is 1.99. The molecule has 0 spiro atoms. The number of rotatable bonds is 3. The molecule has 0 aliphatic heterocycles. The number of para-hydroxylation sites is 1. The van der Waals surface area contributed by atoms with Crippen LogP contribution in [0.5, 0.6) is 0 Å². The number of nitrogens with one attached hydrogen (secondary N) is 1. The third kappa shape index (κ3) is 2.42. The monoisotopic (exact) mass is 303 g/mol. The van der Waals surface area contributed by atoms with Crippen molar-refractivity contribution in [1.29, 1.82) is 0 Å². The Kier molecular flexibility index (Phi) is 3.23. The fraction of sp³-hybridized carbons (Fsp3) is 0.0667. The molecule has 0 aliphatic rings. The topological polar surface area (TPSA) is 46.2 Å². The Morgan fingerprint density at radius 3 is 2.55 bits per heavy atom. The number of sulfonamides is 1. The van der Waals surface area contributed by atoms with Gasteiger partial charge in [-0.2, -0.15) is 0 Å². The molecule has 20 heavy (non-hydrogen) atoms. The predicted molar refractivity (Wildman–Crippen MR) is 83.8 cm³/mol. The number of benzene rings is 2. The van der Waals surface area contributed by atoms with Crippen LogP contribution in [0.15, 0.2) is 58.8 Å². The highest BCUT2D eigenvalue weighted by molar-refractivity contribution is 7.92. The van der Waals surface area contributed by atoms with E-state index in [1.165, 1.54) is 0 Å². The van der Waals surface area contributed by atoms with Crippen molar-refractivity contribution in [3.8, 4) is 0 Å². The molecule has 0 aliphatic carbocycles. The van der Waals surface area contributed by atoms with E-state index in [4.69, 9.17) is 0 Å². The lowest BCUT2D eigenvalue weighted by Crippen LogP contribution is -2.12. The van der Waals surface area contributed by atoms with Crippen molar-refractivity contribution in [2.75, 3.05) is 4.72 Å². The van der Waals surface area contributed by atoms with Crippen molar-refractivity contribution in [2.24, 2.45) is 0 Å². The summed E-state index contributed by atoms with van der Waals surface area (Å²) in [5, 5.41) is 3.03. The summed E-state index contributed by atoms with van der Waals surface area (Å²) in [7, 11) is -3.54. The van der Waals surface area contributed by atoms with Crippen molar-refractivity contribution >= 4 is 37.1 Å². The Balaban J connectivity index is 2.02. The number of fused-ring (bicyclic) bond motifs is 1. The standard InChI is InChI=1S/C15H13NO2S2/c1-11-10-19-15-8-7-13(9-14(11)15)20(17,18)16-12-5-3-2-4-6-12/h2-10,16H,1H3. The maximum atomic E-state index is 12.4. The number of hydrogen-bond acceptors (Lipinski definition) is 3. The third-order valence-electron chi connectivity index (χ3n) is 3.07. The van der Waals surface area contributed by atoms with E-state index < -0.39 is 10.0 Å². The van der Waals surface area contributed by atoms with Gasteiger partial charge in [0.1, 0.15) is 0 Å². The molecule has 0 saturated heterocycles. The molecule has 1 heterocycles. The minimum Gasteiger partial charge on any atom is -0.280 e. The molecule has 2 aromatic carbocycles. The van der Waals surface area contributed by atoms with Gasteiger partial charge in [-0.1, -0.05) is 18.2 Å². The first-order valence-electron chi connectivity index (χ1n) is 6.12. The van der Waals surface area contributed by atoms with Crippen LogP contribution in [0.1, 0.15) is 5.56 Å². The normalized spacial score (nSPS) is 11.7. The molecule has 0 saturated carbocycles. The molecule has 0 unspecified atom stereocenters. The Morgan fingerprint density at radius 1 is 1.05 bits per heavy atom. The van der Waals surface area contributed by atoms with E-state index in [0.717, 1.165) is 15.6 Å². The van der Waals surface area contributed by atoms with Crippen molar-refractivity contribution < 1.29 is 8.42 Å². The summed E-state index contributed by atoms with van der Waals surface area (Å²) in [6, 6.07) is 14.1. The lowest BCUT2D eigenvalue weighted by Gasteiger charge is -2.08. The second kappa shape index (κ2) is 4.92. The van der Waals surface area contributed by atoms with Crippen LogP contribution in [-0.2, 0) is 10.0 Å². The highest BCUT2D eigenvalue weighted by atomic mass is 32.2. The van der Waals surface area contributed by atoms with Crippen LogP contribution < -0.4 is 4.72 Å². The Hall–Kier alpha value is -1.85. The van der Waals surface area contributed by atoms with Gasteiger partial charge in [0.2, 0.25) is 0 Å². The lowest BCUT2D eigenvalue weighted by atomic mass is 10.2. The first kappa shape index (κ1) is 13.1. The van der Waals surface area contributed by atoms with Crippen LogP contribution in [0, 0.1) is 6.92 Å². The van der Waals surface area contributed by atoms with E-state index in [9.17, 15) is 8.42 Å². The van der Waals surface area contributed by atoms with Crippen molar-refractivity contribution in [2.45, 2.75) is 11.8 Å². The number of anilines is 1. The highest BCUT2D eigenvalue weighted by Crippen LogP contribution is 2.28. The van der Waals surface area contributed by atoms with Gasteiger partial charge in [0.15, 0.2) is 0 Å². The predicted octanol–water partition coefficient (Wildman–Crippen LogP) is 4.01. The SMILES string of the molecule is Cc1csc2ccc(S(=O)(=O)Nc3ccccc3)cc12. The Bertz CT molecular complexity index is 852. The zero-order chi connectivity index (χ0) is 14.2. The molecule has 1 aromatic heterocycles. The minimum absolute atomic E-state index is 0.287. The molecule has 0 amide bonds. The second-order valence-corrected chi connectivity index (χ2v) is 7.14. The van der Waals surface area contributed by atoms with Gasteiger partial charge >= 0.3 is 0 Å². The van der Waals surface area contributed by atoms with E-state index >= 15 is 0 Å². The largest absolute Gasteiger partial charge is 0.280 e. The minimum atomic E-state index is -3.54. The quantitative estimate of drug-likeness (QED) is 0.794. The van der Waals surface area contributed by atoms with Gasteiger partial charge in [-0.3, -0.25) is 4.72 Å². The highest BCUT2D eigenvalue weighted by Gasteiger charge is 2.15. The summed E-state index contributed by atoms with van der Waals surface area (Å²) < 4.78 is 28.4. The molecule has 3 aromatic rings. The summed E-state index contributed by atoms with van der Waals surface area (Å²) in [5.41, 5.74) is 1.66. The number of hydrogen-bond donors (Lipinski definition) is 1. The average molecular weight is 303 g/mol. The van der Waals surface area contributed by atoms with Gasteiger partial charge in [0.25, 0.3) is 10.0 Å². The lowest BCUT2D eigenvalue weighted by molar-refractivity contribution is 0.601. The second-order valence-electron chi connectivity index (χ2n) is 4.55. The van der Waals surface area contributed by atoms with Gasteiger partial charge in [-0.15, -0.1) is 11.3 Å². The van der Waals surface area contributed by atoms with Crippen LogP contribution in [0.4, 0.5) is 5.69 Å². The van der Waals surface area contributed by atoms with Crippen LogP contribution in [0.2, 0.25) is 0 Å². The smallest absolute Gasteiger partial charge is 0.261 e. The summed E-state index contributed by atoms with van der Waals surface area (Å²) in [5.74, 6) is 0. The molecular weight excluding hydrogens is 290 g/mol. The fourth-order valence-corrected chi connectivity index (χ4v) is 4.03. The zero-order valence-electron chi connectivity index (χ0n) is 10.8. The molecule has 3 rings (SSSR count). The molecule has 102 valence electrons. The summed E-state index contributed by atoms with van der Waals surface area (Å²) in [4.78, 5) is 0.287. The first-order chi connectivity index (χ1) is 9.56. The van der Waals surface area contributed by atoms with Gasteiger partial charge in [0, 0.05) is 10.4 Å². The maximum Gasteiger partial charge on any atom is 0.261 e. The van der Waals surface area contributed by atoms with E-state index in [0.29, 0.717) is 5.69 Å². The molecule has 3 nitrogen and oxygen atoms in total. The van der Waals surface area contributed by atoms with Gasteiger partial charge in [0.05, 0.1) is 4.90 Å². The van der Waals surface area contributed by atoms with E-state index in [-0.39, 0.29) is 4.90 Å². The average Bonchev–Trinajstić information content (AvgIpc) is 2.81. The molecule has 5 heteroatoms. The first-order valence-corrected chi connectivity index (χ1v) is 8.48. The fourth-order valence-electron chi connectivity index (χ4n) is 2.02. The Morgan fingerprint density at radius 2 is 1.80 bits per heavy atom. The number of aryl methyl sites for hydroxylation is 1. The Labute approximate surface area is 121 Å². The number of thiophene rings is 1. The van der Waals surface area contributed by atoms with Crippen molar-refractivity contribution in [3.05, 3.63) is 59.5 Å². The van der Waals surface area contributed by atoms with Crippen molar-refractivity contribution in [1.82, 2.24) is 0 Å². The van der Waals surface area contributed by atoms with Crippen molar-refractivity contribution in [3.63, 3.8) is 0 Å². The van der Waals surface area contributed by atoms with Gasteiger partial charge in [-0.25, -0.2) is 8.42 Å². The molecule has 0 radical (unpaired) electrons. The van der Waals surface area contributed by atoms with Gasteiger partial charge in [-0.05, 0) is 53.6 Å². The van der Waals surface area contributed by atoms with Gasteiger partial charge < -0.3 is 0 Å². The summed E-state index contributed by atoms with van der Waals surface area (Å²) >= 11 is 1.62. The third-order valence-corrected chi connectivity index (χ3v) is 5.54. The molecule has 0 fully saturated rings. The van der Waals surface area contributed by atoms with Crippen LogP contribution in [0.3, 0.4) is 0 Å². The molecule has 0 atom stereocenters. The van der Waals surface area contributed by atoms with E-state index in [2.05, 4.69) is 4.72 Å². The zero-order valence-corrected chi connectivity index (χ0v) is 12.5. The molecule has 0 bridgehead atoms. The van der Waals surface area contributed by atoms with Crippen LogP contribution >= 0.6 is 11.3 Å². The van der Waals surface area contributed by atoms with E-state index in [1.807, 2.05) is 24.4 Å². The molecular formula is C15H13NO2S2. The molecule has 1 N–H and O–H groups in total. The van der Waals surface area contributed by atoms with E-state index in [1.54, 1.807) is 47.7 Å².